The number of aromatic nitrogens is 2. The number of anilines is 1. The Morgan fingerprint density at radius 1 is 1.47 bits per heavy atom. The predicted molar refractivity (Wildman–Crippen MR) is 57.1 cm³/mol. The van der Waals surface area contributed by atoms with E-state index >= 15 is 0 Å². The Bertz CT molecular complexity index is 295. The van der Waals surface area contributed by atoms with Crippen LogP contribution in [0.1, 0.15) is 18.4 Å². The Kier molecular flexibility index (Phi) is 3.47. The first kappa shape index (κ1) is 10.3. The molecule has 1 aromatic heterocycles. The molecule has 0 aromatic carbocycles. The van der Waals surface area contributed by atoms with E-state index in [2.05, 4.69) is 15.3 Å². The third kappa shape index (κ3) is 3.14. The van der Waals surface area contributed by atoms with Crippen molar-refractivity contribution in [3.8, 4) is 0 Å². The summed E-state index contributed by atoms with van der Waals surface area (Å²) < 4.78 is 5.50. The standard InChI is InChI=1S/C10H16N4O/c11-10-13-5-8(6-14-10)4-12-7-9-2-1-3-15-9/h5-6,9,12H,1-4,7H2,(H2,11,13,14)/t9-/m0/s1. The summed E-state index contributed by atoms with van der Waals surface area (Å²) in [6, 6.07) is 0. The lowest BCUT2D eigenvalue weighted by Gasteiger charge is -2.10. The van der Waals surface area contributed by atoms with Gasteiger partial charge in [-0.1, -0.05) is 0 Å². The second-order valence-corrected chi connectivity index (χ2v) is 3.72. The monoisotopic (exact) mass is 208 g/mol. The fraction of sp³-hybridized carbons (Fsp3) is 0.600. The Labute approximate surface area is 89.1 Å². The lowest BCUT2D eigenvalue weighted by Crippen LogP contribution is -2.25. The molecular weight excluding hydrogens is 192 g/mol. The number of rotatable bonds is 4. The maximum atomic E-state index is 5.50. The Balaban J connectivity index is 1.71. The minimum atomic E-state index is 0.317. The minimum absolute atomic E-state index is 0.317. The van der Waals surface area contributed by atoms with Gasteiger partial charge in [0.15, 0.2) is 0 Å². The van der Waals surface area contributed by atoms with Gasteiger partial charge in [-0.25, -0.2) is 9.97 Å². The largest absolute Gasteiger partial charge is 0.377 e. The molecule has 0 radical (unpaired) electrons. The van der Waals surface area contributed by atoms with E-state index in [4.69, 9.17) is 10.5 Å². The highest BCUT2D eigenvalue weighted by Gasteiger charge is 2.14. The van der Waals surface area contributed by atoms with Gasteiger partial charge in [-0.15, -0.1) is 0 Å². The Morgan fingerprint density at radius 2 is 2.27 bits per heavy atom. The van der Waals surface area contributed by atoms with Crippen molar-refractivity contribution in [1.29, 1.82) is 0 Å². The van der Waals surface area contributed by atoms with Crippen LogP contribution in [-0.2, 0) is 11.3 Å². The minimum Gasteiger partial charge on any atom is -0.377 e. The summed E-state index contributed by atoms with van der Waals surface area (Å²) in [6.07, 6.45) is 6.19. The first-order valence-corrected chi connectivity index (χ1v) is 5.23. The Hall–Kier alpha value is -1.20. The first-order valence-electron chi connectivity index (χ1n) is 5.23. The average Bonchev–Trinajstić information content (AvgIpc) is 2.74. The fourth-order valence-electron chi connectivity index (χ4n) is 1.64. The highest BCUT2D eigenvalue weighted by Crippen LogP contribution is 2.10. The molecule has 1 aromatic rings. The average molecular weight is 208 g/mol. The molecule has 15 heavy (non-hydrogen) atoms. The molecule has 1 atom stereocenters. The van der Waals surface area contributed by atoms with Crippen LogP contribution in [0.15, 0.2) is 12.4 Å². The molecule has 0 unspecified atom stereocenters. The van der Waals surface area contributed by atoms with Gasteiger partial charge >= 0.3 is 0 Å². The van der Waals surface area contributed by atoms with E-state index in [1.807, 2.05) is 0 Å². The normalized spacial score (nSPS) is 20.7. The highest BCUT2D eigenvalue weighted by molar-refractivity contribution is 5.16. The fourth-order valence-corrected chi connectivity index (χ4v) is 1.64. The molecule has 0 spiro atoms. The van der Waals surface area contributed by atoms with E-state index in [0.29, 0.717) is 12.1 Å². The van der Waals surface area contributed by atoms with E-state index in [0.717, 1.165) is 31.7 Å². The highest BCUT2D eigenvalue weighted by atomic mass is 16.5. The maximum absolute atomic E-state index is 5.50. The zero-order chi connectivity index (χ0) is 10.5. The number of nitrogen functional groups attached to an aromatic ring is 1. The second-order valence-electron chi connectivity index (χ2n) is 3.72. The van der Waals surface area contributed by atoms with Gasteiger partial charge in [0.1, 0.15) is 0 Å². The number of nitrogens with zero attached hydrogens (tertiary/aromatic N) is 2. The van der Waals surface area contributed by atoms with E-state index in [9.17, 15) is 0 Å². The molecule has 1 fully saturated rings. The van der Waals surface area contributed by atoms with Gasteiger partial charge in [-0.2, -0.15) is 0 Å². The van der Waals surface area contributed by atoms with Gasteiger partial charge in [-0.3, -0.25) is 0 Å². The van der Waals surface area contributed by atoms with Crippen molar-refractivity contribution in [2.24, 2.45) is 0 Å². The smallest absolute Gasteiger partial charge is 0.219 e. The van der Waals surface area contributed by atoms with Crippen molar-refractivity contribution in [2.45, 2.75) is 25.5 Å². The SMILES string of the molecule is Nc1ncc(CNC[C@@H]2CCCO2)cn1. The molecular formula is C10H16N4O. The Morgan fingerprint density at radius 3 is 2.93 bits per heavy atom. The molecule has 0 aliphatic carbocycles. The molecule has 0 saturated carbocycles. The molecule has 3 N–H and O–H groups in total. The molecule has 5 heteroatoms. The van der Waals surface area contributed by atoms with Gasteiger partial charge < -0.3 is 15.8 Å². The van der Waals surface area contributed by atoms with Gasteiger partial charge in [0.25, 0.3) is 0 Å². The number of hydrogen-bond donors (Lipinski definition) is 2. The summed E-state index contributed by atoms with van der Waals surface area (Å²) in [5, 5.41) is 3.32. The van der Waals surface area contributed by atoms with Crippen LogP contribution in [-0.4, -0.2) is 29.2 Å². The van der Waals surface area contributed by atoms with Crippen LogP contribution < -0.4 is 11.1 Å². The third-order valence-electron chi connectivity index (χ3n) is 2.45. The number of ether oxygens (including phenoxy) is 1. The summed E-state index contributed by atoms with van der Waals surface area (Å²) in [5.74, 6) is 0.317. The molecule has 2 rings (SSSR count). The summed E-state index contributed by atoms with van der Waals surface area (Å²) in [5.41, 5.74) is 6.44. The summed E-state index contributed by atoms with van der Waals surface area (Å²) >= 11 is 0. The topological polar surface area (TPSA) is 73.1 Å². The molecule has 1 saturated heterocycles. The zero-order valence-corrected chi connectivity index (χ0v) is 8.65. The van der Waals surface area contributed by atoms with Crippen molar-refractivity contribution >= 4 is 5.95 Å². The van der Waals surface area contributed by atoms with Gasteiger partial charge in [0, 0.05) is 37.7 Å². The molecule has 5 nitrogen and oxygen atoms in total. The van der Waals surface area contributed by atoms with Crippen molar-refractivity contribution in [3.63, 3.8) is 0 Å². The van der Waals surface area contributed by atoms with Crippen molar-refractivity contribution in [3.05, 3.63) is 18.0 Å². The van der Waals surface area contributed by atoms with Gasteiger partial charge in [0.2, 0.25) is 5.95 Å². The quantitative estimate of drug-likeness (QED) is 0.746. The van der Waals surface area contributed by atoms with E-state index in [1.165, 1.54) is 6.42 Å². The van der Waals surface area contributed by atoms with Crippen molar-refractivity contribution in [1.82, 2.24) is 15.3 Å². The van der Waals surface area contributed by atoms with Gasteiger partial charge in [-0.05, 0) is 12.8 Å². The van der Waals surface area contributed by atoms with E-state index < -0.39 is 0 Å². The summed E-state index contributed by atoms with van der Waals surface area (Å²) in [7, 11) is 0. The summed E-state index contributed by atoms with van der Waals surface area (Å²) in [4.78, 5) is 7.85. The van der Waals surface area contributed by atoms with E-state index in [1.54, 1.807) is 12.4 Å². The third-order valence-corrected chi connectivity index (χ3v) is 2.45. The molecule has 1 aliphatic rings. The lowest BCUT2D eigenvalue weighted by molar-refractivity contribution is 0.110. The van der Waals surface area contributed by atoms with Crippen LogP contribution in [0.25, 0.3) is 0 Å². The van der Waals surface area contributed by atoms with Crippen LogP contribution in [0.2, 0.25) is 0 Å². The molecule has 0 bridgehead atoms. The maximum Gasteiger partial charge on any atom is 0.219 e. The van der Waals surface area contributed by atoms with Crippen LogP contribution >= 0.6 is 0 Å². The van der Waals surface area contributed by atoms with Crippen LogP contribution in [0.4, 0.5) is 5.95 Å². The first-order chi connectivity index (χ1) is 7.34. The molecule has 82 valence electrons. The molecule has 1 aliphatic heterocycles. The van der Waals surface area contributed by atoms with Crippen molar-refractivity contribution in [2.75, 3.05) is 18.9 Å². The summed E-state index contributed by atoms with van der Waals surface area (Å²) in [6.45, 7) is 2.56. The molecule has 0 amide bonds. The number of hydrogen-bond acceptors (Lipinski definition) is 5. The molecule has 2 heterocycles. The van der Waals surface area contributed by atoms with Crippen LogP contribution in [0.5, 0.6) is 0 Å². The van der Waals surface area contributed by atoms with Crippen LogP contribution in [0, 0.1) is 0 Å². The second kappa shape index (κ2) is 5.04. The van der Waals surface area contributed by atoms with Gasteiger partial charge in [0.05, 0.1) is 6.10 Å². The lowest BCUT2D eigenvalue weighted by atomic mass is 10.2. The van der Waals surface area contributed by atoms with Crippen molar-refractivity contribution < 1.29 is 4.74 Å². The van der Waals surface area contributed by atoms with E-state index in [-0.39, 0.29) is 0 Å². The number of nitrogens with two attached hydrogens (primary N) is 1. The van der Waals surface area contributed by atoms with Crippen LogP contribution in [0.3, 0.4) is 0 Å². The predicted octanol–water partition coefficient (Wildman–Crippen LogP) is 0.327. The zero-order valence-electron chi connectivity index (χ0n) is 8.65. The number of nitrogens with one attached hydrogen (secondary N) is 1.